The molecular formula is C27H26N2O6S2. The largest absolute Gasteiger partial charge is 0.398 e. The minimum absolute atomic E-state index is 0.0984. The van der Waals surface area contributed by atoms with E-state index in [-0.39, 0.29) is 32.7 Å². The molecule has 0 aliphatic rings. The summed E-state index contributed by atoms with van der Waals surface area (Å²) in [7, 11) is -8.17. The summed E-state index contributed by atoms with van der Waals surface area (Å²) in [6.45, 7) is 3.98. The molecule has 4 aromatic rings. The van der Waals surface area contributed by atoms with Crippen LogP contribution in [0.15, 0.2) is 107 Å². The summed E-state index contributed by atoms with van der Waals surface area (Å²) in [4.78, 5) is -0.197. The van der Waals surface area contributed by atoms with Crippen LogP contribution in [0.3, 0.4) is 0 Å². The zero-order valence-electron chi connectivity index (χ0n) is 20.2. The lowest BCUT2D eigenvalue weighted by Crippen LogP contribution is -2.19. The number of nitrogens with two attached hydrogens (primary N) is 2. The van der Waals surface area contributed by atoms with Gasteiger partial charge in [0.25, 0.3) is 0 Å². The molecule has 0 atom stereocenters. The van der Waals surface area contributed by atoms with Gasteiger partial charge in [-0.1, -0.05) is 62.4 Å². The molecule has 0 radical (unpaired) electrons. The zero-order valence-corrected chi connectivity index (χ0v) is 21.8. The van der Waals surface area contributed by atoms with Crippen LogP contribution >= 0.6 is 0 Å². The van der Waals surface area contributed by atoms with E-state index in [0.29, 0.717) is 0 Å². The van der Waals surface area contributed by atoms with Crippen LogP contribution in [0.25, 0.3) is 0 Å². The highest BCUT2D eigenvalue weighted by Gasteiger charge is 2.25. The van der Waals surface area contributed by atoms with Crippen molar-refractivity contribution in [1.29, 1.82) is 0 Å². The van der Waals surface area contributed by atoms with Gasteiger partial charge in [-0.3, -0.25) is 0 Å². The minimum Gasteiger partial charge on any atom is -0.398 e. The van der Waals surface area contributed by atoms with Gasteiger partial charge in [-0.05, 0) is 59.7 Å². The molecule has 0 fully saturated rings. The van der Waals surface area contributed by atoms with Crippen LogP contribution < -0.4 is 19.8 Å². The molecule has 0 aliphatic carbocycles. The molecule has 4 aromatic carbocycles. The molecule has 0 bridgehead atoms. The van der Waals surface area contributed by atoms with Gasteiger partial charge in [-0.2, -0.15) is 16.8 Å². The van der Waals surface area contributed by atoms with Crippen molar-refractivity contribution in [1.82, 2.24) is 0 Å². The van der Waals surface area contributed by atoms with Gasteiger partial charge in [0, 0.05) is 5.41 Å². The number of rotatable bonds is 8. The standard InChI is InChI=1S/C27H26N2O6S2/c1-27(2,19-11-15-21(16-12-19)34-36(30,31)25-9-5-3-7-23(25)28)20-13-17-22(18-14-20)35-37(32,33)26-10-6-4-8-24(26)29/h3-18H,28-29H2,1-2H3. The summed E-state index contributed by atoms with van der Waals surface area (Å²) in [5.74, 6) is 0.300. The minimum atomic E-state index is -4.08. The molecule has 0 spiro atoms. The van der Waals surface area contributed by atoms with Crippen LogP contribution in [0.1, 0.15) is 25.0 Å². The fourth-order valence-electron chi connectivity index (χ4n) is 3.78. The van der Waals surface area contributed by atoms with E-state index in [1.165, 1.54) is 24.3 Å². The van der Waals surface area contributed by atoms with Crippen molar-refractivity contribution in [2.45, 2.75) is 29.1 Å². The van der Waals surface area contributed by atoms with E-state index in [2.05, 4.69) is 0 Å². The van der Waals surface area contributed by atoms with Crippen LogP contribution in [0.5, 0.6) is 11.5 Å². The second kappa shape index (κ2) is 9.79. The number of anilines is 2. The predicted molar refractivity (Wildman–Crippen MR) is 142 cm³/mol. The molecule has 192 valence electrons. The molecule has 0 aromatic heterocycles. The first-order chi connectivity index (χ1) is 17.4. The maximum Gasteiger partial charge on any atom is 0.341 e. The maximum atomic E-state index is 12.6. The van der Waals surface area contributed by atoms with Gasteiger partial charge in [0.05, 0.1) is 11.4 Å². The molecule has 0 unspecified atom stereocenters. The topological polar surface area (TPSA) is 139 Å². The molecule has 0 heterocycles. The molecule has 4 rings (SSSR count). The van der Waals surface area contributed by atoms with Crippen molar-refractivity contribution in [3.05, 3.63) is 108 Å². The number of nitrogen functional groups attached to an aromatic ring is 2. The zero-order chi connectivity index (χ0) is 26.8. The lowest BCUT2D eigenvalue weighted by atomic mass is 9.78. The van der Waals surface area contributed by atoms with Gasteiger partial charge in [-0.25, -0.2) is 0 Å². The number of para-hydroxylation sites is 2. The van der Waals surface area contributed by atoms with Crippen molar-refractivity contribution in [3.63, 3.8) is 0 Å². The molecule has 4 N–H and O–H groups in total. The highest BCUT2D eigenvalue weighted by Crippen LogP contribution is 2.34. The van der Waals surface area contributed by atoms with E-state index in [1.54, 1.807) is 72.8 Å². The van der Waals surface area contributed by atoms with Crippen LogP contribution in [0, 0.1) is 0 Å². The Hall–Kier alpha value is -4.02. The first-order valence-corrected chi connectivity index (χ1v) is 14.0. The normalized spacial score (nSPS) is 12.2. The van der Waals surface area contributed by atoms with E-state index in [4.69, 9.17) is 19.8 Å². The summed E-state index contributed by atoms with van der Waals surface area (Å²) in [5.41, 5.74) is 13.0. The molecule has 10 heteroatoms. The molecule has 37 heavy (non-hydrogen) atoms. The molecule has 0 saturated heterocycles. The van der Waals surface area contributed by atoms with Crippen molar-refractivity contribution in [2.24, 2.45) is 0 Å². The SMILES string of the molecule is CC(C)(c1ccc(OS(=O)(=O)c2ccccc2N)cc1)c1ccc(OS(=O)(=O)c2ccccc2N)cc1. The number of benzene rings is 4. The van der Waals surface area contributed by atoms with E-state index >= 15 is 0 Å². The predicted octanol–water partition coefficient (Wildman–Crippen LogP) is 4.71. The van der Waals surface area contributed by atoms with Crippen LogP contribution in [0.2, 0.25) is 0 Å². The second-order valence-corrected chi connectivity index (χ2v) is 11.9. The fraction of sp³-hybridized carbons (Fsp3) is 0.111. The van der Waals surface area contributed by atoms with Gasteiger partial charge in [-0.15, -0.1) is 0 Å². The summed E-state index contributed by atoms with van der Waals surface area (Å²) in [6, 6.07) is 25.5. The Kier molecular flexibility index (Phi) is 6.90. The molecule has 0 aliphatic heterocycles. The molecule has 8 nitrogen and oxygen atoms in total. The first-order valence-electron chi connectivity index (χ1n) is 11.2. The van der Waals surface area contributed by atoms with E-state index in [1.807, 2.05) is 13.8 Å². The highest BCUT2D eigenvalue weighted by atomic mass is 32.2. The third-order valence-electron chi connectivity index (χ3n) is 5.94. The van der Waals surface area contributed by atoms with Gasteiger partial charge >= 0.3 is 20.2 Å². The molecule has 0 saturated carbocycles. The van der Waals surface area contributed by atoms with Gasteiger partial charge in [0.1, 0.15) is 21.3 Å². The lowest BCUT2D eigenvalue weighted by Gasteiger charge is -2.26. The number of hydrogen-bond donors (Lipinski definition) is 2. The van der Waals surface area contributed by atoms with Crippen molar-refractivity contribution < 1.29 is 25.2 Å². The second-order valence-electron chi connectivity index (χ2n) is 8.82. The number of hydrogen-bond acceptors (Lipinski definition) is 8. The van der Waals surface area contributed by atoms with E-state index in [0.717, 1.165) is 11.1 Å². The maximum absolute atomic E-state index is 12.6. The van der Waals surface area contributed by atoms with Crippen molar-refractivity contribution in [3.8, 4) is 11.5 Å². The Bertz CT molecular complexity index is 1510. The summed E-state index contributed by atoms with van der Waals surface area (Å²) >= 11 is 0. The van der Waals surface area contributed by atoms with E-state index in [9.17, 15) is 16.8 Å². The van der Waals surface area contributed by atoms with Crippen molar-refractivity contribution >= 4 is 31.6 Å². The van der Waals surface area contributed by atoms with E-state index < -0.39 is 25.7 Å². The Morgan fingerprint density at radius 1 is 0.541 bits per heavy atom. The quantitative estimate of drug-likeness (QED) is 0.243. The van der Waals surface area contributed by atoms with Gasteiger partial charge in [0.2, 0.25) is 0 Å². The van der Waals surface area contributed by atoms with Crippen LogP contribution in [0.4, 0.5) is 11.4 Å². The average Bonchev–Trinajstić information content (AvgIpc) is 2.84. The Labute approximate surface area is 216 Å². The van der Waals surface area contributed by atoms with Gasteiger partial charge < -0.3 is 19.8 Å². The van der Waals surface area contributed by atoms with Crippen LogP contribution in [-0.2, 0) is 25.7 Å². The van der Waals surface area contributed by atoms with Crippen LogP contribution in [-0.4, -0.2) is 16.8 Å². The Morgan fingerprint density at radius 3 is 1.19 bits per heavy atom. The first kappa shape index (κ1) is 26.1. The summed E-state index contributed by atoms with van der Waals surface area (Å²) in [5, 5.41) is 0. The van der Waals surface area contributed by atoms with Gasteiger partial charge in [0.15, 0.2) is 0 Å². The van der Waals surface area contributed by atoms with Crippen molar-refractivity contribution in [2.75, 3.05) is 11.5 Å². The third-order valence-corrected chi connectivity index (χ3v) is 8.59. The molecular weight excluding hydrogens is 512 g/mol. The summed E-state index contributed by atoms with van der Waals surface area (Å²) < 4.78 is 60.9. The Balaban J connectivity index is 1.51. The lowest BCUT2D eigenvalue weighted by molar-refractivity contribution is 0.484. The average molecular weight is 539 g/mol. The fourth-order valence-corrected chi connectivity index (χ4v) is 5.89. The highest BCUT2D eigenvalue weighted by molar-refractivity contribution is 7.87. The monoisotopic (exact) mass is 538 g/mol. The summed E-state index contributed by atoms with van der Waals surface area (Å²) in [6.07, 6.45) is 0. The molecule has 0 amide bonds. The smallest absolute Gasteiger partial charge is 0.341 e. The third kappa shape index (κ3) is 5.55. The Morgan fingerprint density at radius 2 is 0.865 bits per heavy atom.